The van der Waals surface area contributed by atoms with Crippen LogP contribution in [0.3, 0.4) is 0 Å². The van der Waals surface area contributed by atoms with Gasteiger partial charge < -0.3 is 0 Å². The van der Waals surface area contributed by atoms with Crippen LogP contribution in [0.5, 0.6) is 0 Å². The van der Waals surface area contributed by atoms with Crippen LogP contribution in [-0.2, 0) is 0 Å². The first kappa shape index (κ1) is 6.43. The zero-order valence-corrected chi connectivity index (χ0v) is 5.49. The van der Waals surface area contributed by atoms with Crippen LogP contribution in [0.4, 0.5) is 0 Å². The van der Waals surface area contributed by atoms with E-state index in [1.54, 1.807) is 0 Å². The molecule has 0 aliphatic heterocycles. The molecule has 6 heavy (non-hydrogen) atoms. The van der Waals surface area contributed by atoms with Crippen molar-refractivity contribution in [3.8, 4) is 0 Å². The monoisotopic (exact) mass is 103 g/mol. The van der Waals surface area contributed by atoms with Crippen LogP contribution in [0.15, 0.2) is 0 Å². The molecule has 0 aromatic heterocycles. The van der Waals surface area contributed by atoms with Crippen molar-refractivity contribution in [2.24, 2.45) is 0 Å². The van der Waals surface area contributed by atoms with Crippen molar-refractivity contribution < 1.29 is 0 Å². The van der Waals surface area contributed by atoms with Crippen molar-refractivity contribution in [2.45, 2.75) is 20.3 Å². The third-order valence-electron chi connectivity index (χ3n) is 0.553. The molecule has 1 heteroatoms. The van der Waals surface area contributed by atoms with Gasteiger partial charge in [0.1, 0.15) is 0 Å². The summed E-state index contributed by atoms with van der Waals surface area (Å²) in [7, 11) is 1.09. The lowest BCUT2D eigenvalue weighted by Gasteiger charge is -1.86. The van der Waals surface area contributed by atoms with Crippen molar-refractivity contribution >= 4 is 8.58 Å². The normalized spacial score (nSPS) is 11.0. The highest BCUT2D eigenvalue weighted by Crippen LogP contribution is 2.13. The molecule has 0 bridgehead atoms. The minimum atomic E-state index is 1.09. The zero-order valence-electron chi connectivity index (χ0n) is 4.49. The Labute approximate surface area is 42.1 Å². The van der Waals surface area contributed by atoms with Crippen molar-refractivity contribution in [3.63, 3.8) is 0 Å². The lowest BCUT2D eigenvalue weighted by Crippen LogP contribution is -1.59. The first-order valence-electron chi connectivity index (χ1n) is 2.46. The molecule has 0 saturated heterocycles. The Morgan fingerprint density at radius 3 is 2.33 bits per heavy atom. The molecule has 0 rings (SSSR count). The quantitative estimate of drug-likeness (QED) is 0.379. The first-order valence-corrected chi connectivity index (χ1v) is 3.75. The molecule has 0 spiro atoms. The largest absolute Gasteiger partial charge is 0.119 e. The molecule has 0 aliphatic rings. The van der Waals surface area contributed by atoms with Crippen LogP contribution in [0.2, 0.25) is 0 Å². The van der Waals surface area contributed by atoms with Gasteiger partial charge in [0.2, 0.25) is 0 Å². The van der Waals surface area contributed by atoms with E-state index in [1.807, 2.05) is 0 Å². The molecule has 0 aliphatic carbocycles. The van der Waals surface area contributed by atoms with Crippen molar-refractivity contribution in [1.29, 1.82) is 0 Å². The Kier molecular flexibility index (Phi) is 5.82. The Morgan fingerprint density at radius 2 is 2.17 bits per heavy atom. The van der Waals surface area contributed by atoms with Gasteiger partial charge in [-0.05, 0) is 18.7 Å². The van der Waals surface area contributed by atoms with Gasteiger partial charge in [-0.25, -0.2) is 0 Å². The third kappa shape index (κ3) is 4.43. The molecule has 37 valence electrons. The number of rotatable bonds is 3. The van der Waals surface area contributed by atoms with Gasteiger partial charge in [0, 0.05) is 0 Å². The molecule has 1 unspecified atom stereocenters. The predicted octanol–water partition coefficient (Wildman–Crippen LogP) is 2.26. The van der Waals surface area contributed by atoms with Gasteiger partial charge >= 0.3 is 0 Å². The number of hydrogen-bond donors (Lipinski definition) is 0. The van der Waals surface area contributed by atoms with Gasteiger partial charge in [-0.3, -0.25) is 0 Å². The van der Waals surface area contributed by atoms with E-state index in [9.17, 15) is 0 Å². The highest BCUT2D eigenvalue weighted by atomic mass is 31.1. The third-order valence-corrected chi connectivity index (χ3v) is 1.66. The van der Waals surface area contributed by atoms with Gasteiger partial charge in [-0.15, -0.1) is 8.58 Å². The summed E-state index contributed by atoms with van der Waals surface area (Å²) in [5.74, 6) is 0. The van der Waals surface area contributed by atoms with Gasteiger partial charge in [0.15, 0.2) is 0 Å². The summed E-state index contributed by atoms with van der Waals surface area (Å²) in [6, 6.07) is 0. The van der Waals surface area contributed by atoms with Gasteiger partial charge in [0.25, 0.3) is 0 Å². The van der Waals surface area contributed by atoms with Gasteiger partial charge in [0.05, 0.1) is 0 Å². The van der Waals surface area contributed by atoms with E-state index >= 15 is 0 Å². The molecule has 0 N–H and O–H groups in total. The lowest BCUT2D eigenvalue weighted by molar-refractivity contribution is 1.19. The molecule has 0 aromatic rings. The van der Waals surface area contributed by atoms with E-state index in [0.29, 0.717) is 0 Å². The molecule has 0 aromatic carbocycles. The second-order valence-electron chi connectivity index (χ2n) is 1.17. The fraction of sp³-hybridized carbons (Fsp3) is 0.800. The van der Waals surface area contributed by atoms with Crippen molar-refractivity contribution in [2.75, 3.05) is 6.16 Å². The Hall–Kier alpha value is 0.430. The highest BCUT2D eigenvalue weighted by molar-refractivity contribution is 7.40. The van der Waals surface area contributed by atoms with Gasteiger partial charge in [-0.1, -0.05) is 13.8 Å². The van der Waals surface area contributed by atoms with Crippen LogP contribution >= 0.6 is 8.58 Å². The van der Waals surface area contributed by atoms with E-state index < -0.39 is 0 Å². The van der Waals surface area contributed by atoms with Crippen LogP contribution < -0.4 is 0 Å². The highest BCUT2D eigenvalue weighted by Gasteiger charge is 1.75. The molecular formula is C5H12P. The molecule has 0 amide bonds. The predicted molar refractivity (Wildman–Crippen MR) is 33.4 cm³/mol. The summed E-state index contributed by atoms with van der Waals surface area (Å²) >= 11 is 0. The smallest absolute Gasteiger partial charge is 0.0174 e. The maximum Gasteiger partial charge on any atom is -0.0174 e. The average Bonchev–Trinajstić information content (AvgIpc) is 1.61. The van der Waals surface area contributed by atoms with Crippen LogP contribution in [0.25, 0.3) is 0 Å². The second kappa shape index (κ2) is 5.43. The minimum absolute atomic E-state index is 1.09. The molecular weight excluding hydrogens is 91.0 g/mol. The van der Waals surface area contributed by atoms with E-state index in [2.05, 4.69) is 20.0 Å². The van der Waals surface area contributed by atoms with E-state index in [0.717, 1.165) is 8.58 Å². The molecule has 0 saturated carbocycles. The van der Waals surface area contributed by atoms with E-state index in [-0.39, 0.29) is 0 Å². The minimum Gasteiger partial charge on any atom is -0.119 e. The van der Waals surface area contributed by atoms with Gasteiger partial charge in [-0.2, -0.15) is 0 Å². The van der Waals surface area contributed by atoms with Crippen LogP contribution in [0.1, 0.15) is 20.3 Å². The topological polar surface area (TPSA) is 0 Å². The van der Waals surface area contributed by atoms with Crippen LogP contribution in [-0.4, -0.2) is 6.16 Å². The summed E-state index contributed by atoms with van der Waals surface area (Å²) < 4.78 is 0. The summed E-state index contributed by atoms with van der Waals surface area (Å²) in [4.78, 5) is 0. The number of hydrogen-bond acceptors (Lipinski definition) is 0. The zero-order chi connectivity index (χ0) is 4.83. The molecule has 1 radical (unpaired) electrons. The standard InChI is InChI=1S/C5H12P/c1-3-5-6-4-2/h5-6H,3-4H2,1-2H3. The summed E-state index contributed by atoms with van der Waals surface area (Å²) in [6.45, 7) is 4.40. The first-order chi connectivity index (χ1) is 2.91. The van der Waals surface area contributed by atoms with E-state index in [4.69, 9.17) is 0 Å². The molecule has 0 fully saturated rings. The Bertz CT molecular complexity index is 15.9. The Morgan fingerprint density at radius 1 is 1.50 bits per heavy atom. The van der Waals surface area contributed by atoms with E-state index in [1.165, 1.54) is 12.6 Å². The lowest BCUT2D eigenvalue weighted by atomic mass is 10.6. The maximum atomic E-state index is 2.33. The average molecular weight is 103 g/mol. The SMILES string of the molecule is CC[CH]PCC. The summed E-state index contributed by atoms with van der Waals surface area (Å²) in [5.41, 5.74) is 0. The second-order valence-corrected chi connectivity index (χ2v) is 2.69. The summed E-state index contributed by atoms with van der Waals surface area (Å²) in [6.07, 6.45) is 4.90. The van der Waals surface area contributed by atoms with Crippen molar-refractivity contribution in [3.05, 3.63) is 6.16 Å². The van der Waals surface area contributed by atoms with Crippen LogP contribution in [0, 0.1) is 6.16 Å². The molecule has 0 heterocycles. The Balaban J connectivity index is 2.34. The maximum absolute atomic E-state index is 2.33. The molecule has 0 nitrogen and oxygen atoms in total. The molecule has 1 atom stereocenters. The fourth-order valence-corrected chi connectivity index (χ4v) is 0.866. The van der Waals surface area contributed by atoms with Crippen molar-refractivity contribution in [1.82, 2.24) is 0 Å². The fourth-order valence-electron chi connectivity index (χ4n) is 0.289. The summed E-state index contributed by atoms with van der Waals surface area (Å²) in [5, 5.41) is 0.